The third kappa shape index (κ3) is 3.96. The predicted octanol–water partition coefficient (Wildman–Crippen LogP) is 4.98. The minimum atomic E-state index is -4.41. The summed E-state index contributed by atoms with van der Waals surface area (Å²) in [6.45, 7) is 7.16. The lowest BCUT2D eigenvalue weighted by molar-refractivity contribution is -0.189. The Kier molecular flexibility index (Phi) is 4.29. The van der Waals surface area contributed by atoms with Gasteiger partial charge in [-0.15, -0.1) is 0 Å². The highest BCUT2D eigenvalue weighted by atomic mass is 19.4. The van der Waals surface area contributed by atoms with Gasteiger partial charge in [0.1, 0.15) is 11.4 Å². The van der Waals surface area contributed by atoms with E-state index in [0.717, 1.165) is 31.0 Å². The molecule has 25 heavy (non-hydrogen) atoms. The van der Waals surface area contributed by atoms with Crippen LogP contribution in [0.4, 0.5) is 13.2 Å². The van der Waals surface area contributed by atoms with Gasteiger partial charge in [0.05, 0.1) is 5.69 Å². The largest absolute Gasteiger partial charge is 0.481 e. The molecule has 0 bridgehead atoms. The third-order valence-electron chi connectivity index (χ3n) is 4.33. The molecule has 1 atom stereocenters. The van der Waals surface area contributed by atoms with E-state index in [1.165, 1.54) is 0 Å². The molecular formula is C18H22F3N3O. The Hall–Kier alpha value is -2.05. The quantitative estimate of drug-likeness (QED) is 0.844. The van der Waals surface area contributed by atoms with Crippen LogP contribution in [-0.2, 0) is 5.41 Å². The molecule has 0 saturated heterocycles. The Labute approximate surface area is 144 Å². The van der Waals surface area contributed by atoms with Crippen LogP contribution in [0.5, 0.6) is 5.75 Å². The van der Waals surface area contributed by atoms with Crippen LogP contribution in [0.3, 0.4) is 0 Å². The molecular weight excluding hydrogens is 331 g/mol. The van der Waals surface area contributed by atoms with Crippen molar-refractivity contribution in [3.8, 4) is 17.1 Å². The molecule has 1 aliphatic rings. The summed E-state index contributed by atoms with van der Waals surface area (Å²) in [7, 11) is 0. The zero-order valence-electron chi connectivity index (χ0n) is 14.7. The number of ether oxygens (including phenoxy) is 1. The zero-order chi connectivity index (χ0) is 18.4. The number of H-pyrrole nitrogens is 1. The number of aromatic nitrogens is 3. The van der Waals surface area contributed by atoms with Crippen LogP contribution >= 0.6 is 0 Å². The molecule has 0 spiro atoms. The molecule has 4 nitrogen and oxygen atoms in total. The number of rotatable bonds is 4. The van der Waals surface area contributed by atoms with Crippen molar-refractivity contribution in [2.45, 2.75) is 64.1 Å². The van der Waals surface area contributed by atoms with E-state index in [0.29, 0.717) is 11.4 Å². The molecule has 2 heterocycles. The van der Waals surface area contributed by atoms with Gasteiger partial charge in [0, 0.05) is 28.9 Å². The Morgan fingerprint density at radius 3 is 2.36 bits per heavy atom. The van der Waals surface area contributed by atoms with Crippen molar-refractivity contribution >= 4 is 0 Å². The van der Waals surface area contributed by atoms with Gasteiger partial charge in [0.2, 0.25) is 0 Å². The smallest absolute Gasteiger partial charge is 0.425 e. The maximum absolute atomic E-state index is 12.9. The van der Waals surface area contributed by atoms with Crippen LogP contribution in [-0.4, -0.2) is 27.5 Å². The Morgan fingerprint density at radius 2 is 1.84 bits per heavy atom. The van der Waals surface area contributed by atoms with Gasteiger partial charge >= 0.3 is 6.18 Å². The van der Waals surface area contributed by atoms with E-state index in [1.54, 1.807) is 12.3 Å². The van der Waals surface area contributed by atoms with Gasteiger partial charge in [-0.3, -0.25) is 10.1 Å². The molecule has 1 fully saturated rings. The molecule has 1 aliphatic carbocycles. The SMILES string of the molecule is C[C@@H](Oc1cc(-c2cc(C(C)(C)C)[nH]n2)ncc1C1CC1)C(F)(F)F. The van der Waals surface area contributed by atoms with Gasteiger partial charge in [-0.25, -0.2) is 0 Å². The summed E-state index contributed by atoms with van der Waals surface area (Å²) >= 11 is 0. The first-order valence-corrected chi connectivity index (χ1v) is 8.35. The summed E-state index contributed by atoms with van der Waals surface area (Å²) in [5, 5.41) is 7.21. The number of nitrogens with zero attached hydrogens (tertiary/aromatic N) is 2. The molecule has 2 aromatic heterocycles. The van der Waals surface area contributed by atoms with Crippen LogP contribution in [0.2, 0.25) is 0 Å². The second-order valence-corrected chi connectivity index (χ2v) is 7.60. The van der Waals surface area contributed by atoms with Gasteiger partial charge < -0.3 is 4.74 Å². The van der Waals surface area contributed by atoms with Gasteiger partial charge in [0.15, 0.2) is 6.10 Å². The van der Waals surface area contributed by atoms with Gasteiger partial charge in [-0.2, -0.15) is 18.3 Å². The molecule has 2 aromatic rings. The summed E-state index contributed by atoms with van der Waals surface area (Å²) in [5.41, 5.74) is 2.66. The van der Waals surface area contributed by atoms with Crippen LogP contribution < -0.4 is 4.74 Å². The van der Waals surface area contributed by atoms with Crippen molar-refractivity contribution in [2.24, 2.45) is 0 Å². The first kappa shape index (κ1) is 17.8. The lowest BCUT2D eigenvalue weighted by atomic mass is 9.92. The summed E-state index contributed by atoms with van der Waals surface area (Å²) in [6, 6.07) is 3.44. The first-order valence-electron chi connectivity index (χ1n) is 8.35. The molecule has 0 aliphatic heterocycles. The predicted molar refractivity (Wildman–Crippen MR) is 88.6 cm³/mol. The highest BCUT2D eigenvalue weighted by molar-refractivity contribution is 5.58. The highest BCUT2D eigenvalue weighted by Gasteiger charge is 2.39. The van der Waals surface area contributed by atoms with Crippen LogP contribution in [0.15, 0.2) is 18.3 Å². The van der Waals surface area contributed by atoms with E-state index < -0.39 is 12.3 Å². The number of pyridine rings is 1. The number of halogens is 3. The monoisotopic (exact) mass is 353 g/mol. The number of aromatic amines is 1. The van der Waals surface area contributed by atoms with Gasteiger partial charge in [0.25, 0.3) is 0 Å². The molecule has 0 amide bonds. The maximum atomic E-state index is 12.9. The molecule has 1 N–H and O–H groups in total. The van der Waals surface area contributed by atoms with Crippen LogP contribution in [0, 0.1) is 0 Å². The minimum absolute atomic E-state index is 0.108. The molecule has 0 unspecified atom stereocenters. The van der Waals surface area contributed by atoms with E-state index in [4.69, 9.17) is 4.74 Å². The van der Waals surface area contributed by atoms with Crippen molar-refractivity contribution in [3.05, 3.63) is 29.6 Å². The fourth-order valence-electron chi connectivity index (χ4n) is 2.48. The average molecular weight is 353 g/mol. The normalized spacial score (nSPS) is 16.8. The van der Waals surface area contributed by atoms with E-state index in [1.807, 2.05) is 26.8 Å². The van der Waals surface area contributed by atoms with Crippen molar-refractivity contribution < 1.29 is 17.9 Å². The molecule has 1 saturated carbocycles. The Balaban J connectivity index is 1.94. The van der Waals surface area contributed by atoms with Crippen LogP contribution in [0.25, 0.3) is 11.4 Å². The van der Waals surface area contributed by atoms with E-state index in [9.17, 15) is 13.2 Å². The second-order valence-electron chi connectivity index (χ2n) is 7.60. The molecule has 0 aromatic carbocycles. The molecule has 0 radical (unpaired) electrons. The lowest BCUT2D eigenvalue weighted by Gasteiger charge is -2.20. The summed E-state index contributed by atoms with van der Waals surface area (Å²) < 4.78 is 43.9. The van der Waals surface area contributed by atoms with Crippen molar-refractivity contribution in [2.75, 3.05) is 0 Å². The summed E-state index contributed by atoms with van der Waals surface area (Å²) in [6.07, 6.45) is -2.75. The third-order valence-corrected chi connectivity index (χ3v) is 4.33. The first-order chi connectivity index (χ1) is 11.6. The van der Waals surface area contributed by atoms with E-state index >= 15 is 0 Å². The van der Waals surface area contributed by atoms with Gasteiger partial charge in [-0.1, -0.05) is 20.8 Å². The highest BCUT2D eigenvalue weighted by Crippen LogP contribution is 2.45. The van der Waals surface area contributed by atoms with Gasteiger partial charge in [-0.05, 0) is 31.7 Å². The number of hydrogen-bond acceptors (Lipinski definition) is 3. The zero-order valence-corrected chi connectivity index (χ0v) is 14.7. The lowest BCUT2D eigenvalue weighted by Crippen LogP contribution is -2.31. The minimum Gasteiger partial charge on any atom is -0.481 e. The fraction of sp³-hybridized carbons (Fsp3) is 0.556. The summed E-state index contributed by atoms with van der Waals surface area (Å²) in [4.78, 5) is 4.39. The maximum Gasteiger partial charge on any atom is 0.425 e. The van der Waals surface area contributed by atoms with E-state index in [-0.39, 0.29) is 17.1 Å². The second kappa shape index (κ2) is 6.04. The summed E-state index contributed by atoms with van der Waals surface area (Å²) in [5.74, 6) is 0.485. The fourth-order valence-corrected chi connectivity index (χ4v) is 2.48. The van der Waals surface area contributed by atoms with E-state index in [2.05, 4.69) is 15.2 Å². The van der Waals surface area contributed by atoms with Crippen molar-refractivity contribution in [1.29, 1.82) is 0 Å². The number of alkyl halides is 3. The Morgan fingerprint density at radius 1 is 1.16 bits per heavy atom. The standard InChI is InChI=1S/C18H22F3N3O/c1-10(18(19,20)21)25-15-7-13(22-9-12(15)11-5-6-11)14-8-16(24-23-14)17(2,3)4/h7-11H,5-6H2,1-4H3,(H,23,24)/t10-/m1/s1. The molecule has 136 valence electrons. The Bertz CT molecular complexity index is 758. The van der Waals surface area contributed by atoms with Crippen molar-refractivity contribution in [3.63, 3.8) is 0 Å². The number of nitrogens with one attached hydrogen (secondary N) is 1. The van der Waals surface area contributed by atoms with Crippen molar-refractivity contribution in [1.82, 2.24) is 15.2 Å². The topological polar surface area (TPSA) is 50.8 Å². The average Bonchev–Trinajstić information content (AvgIpc) is 3.20. The van der Waals surface area contributed by atoms with Crippen LogP contribution in [0.1, 0.15) is 57.7 Å². The molecule has 3 rings (SSSR count). The molecule has 7 heteroatoms. The number of hydrogen-bond donors (Lipinski definition) is 1.